The molecule has 2 aromatic carbocycles. The van der Waals surface area contributed by atoms with E-state index >= 15 is 0 Å². The second-order valence-corrected chi connectivity index (χ2v) is 7.44. The Morgan fingerprint density at radius 3 is 2.31 bits per heavy atom. The van der Waals surface area contributed by atoms with Crippen molar-refractivity contribution in [1.29, 1.82) is 0 Å². The largest absolute Gasteiger partial charge is 0.491 e. The van der Waals surface area contributed by atoms with Crippen LogP contribution in [0.5, 0.6) is 5.75 Å². The Labute approximate surface area is 186 Å². The first-order chi connectivity index (χ1) is 15.4. The number of ether oxygens (including phenoxy) is 1. The third-order valence-electron chi connectivity index (χ3n) is 5.02. The Hall–Kier alpha value is -3.04. The van der Waals surface area contributed by atoms with Gasteiger partial charge in [-0.2, -0.15) is 0 Å². The summed E-state index contributed by atoms with van der Waals surface area (Å²) >= 11 is 0. The molecule has 0 fully saturated rings. The molecule has 0 radical (unpaired) electrons. The van der Waals surface area contributed by atoms with Crippen molar-refractivity contribution in [3.05, 3.63) is 78.4 Å². The summed E-state index contributed by atoms with van der Waals surface area (Å²) in [5.41, 5.74) is 7.57. The van der Waals surface area contributed by atoms with Crippen LogP contribution in [0.15, 0.2) is 67.0 Å². The molecule has 0 saturated heterocycles. The molecular formula is C24H28FN3O4. The monoisotopic (exact) mass is 441 g/mol. The highest BCUT2D eigenvalue weighted by atomic mass is 19.1. The van der Waals surface area contributed by atoms with Gasteiger partial charge in [-0.1, -0.05) is 36.4 Å². The average Bonchev–Trinajstić information content (AvgIpc) is 3.31. The molecule has 0 spiro atoms. The number of nitrogens with two attached hydrogens (primary N) is 1. The number of aromatic nitrogens is 2. The van der Waals surface area contributed by atoms with E-state index in [2.05, 4.69) is 4.98 Å². The summed E-state index contributed by atoms with van der Waals surface area (Å²) in [6.07, 6.45) is 2.87. The van der Waals surface area contributed by atoms with E-state index in [1.54, 1.807) is 42.0 Å². The number of halogens is 1. The Bertz CT molecular complexity index is 1020. The predicted molar refractivity (Wildman–Crippen MR) is 121 cm³/mol. The number of aliphatic hydroxyl groups excluding tert-OH is 3. The fourth-order valence-electron chi connectivity index (χ4n) is 3.24. The molecule has 1 heterocycles. The first kappa shape index (κ1) is 23.6. The summed E-state index contributed by atoms with van der Waals surface area (Å²) in [7, 11) is 0. The van der Waals surface area contributed by atoms with Crippen LogP contribution in [0.3, 0.4) is 0 Å². The first-order valence-electron chi connectivity index (χ1n) is 10.3. The normalized spacial score (nSPS) is 14.8. The first-order valence-corrected chi connectivity index (χ1v) is 10.3. The van der Waals surface area contributed by atoms with Gasteiger partial charge in [0.1, 0.15) is 36.2 Å². The second kappa shape index (κ2) is 11.0. The summed E-state index contributed by atoms with van der Waals surface area (Å²) in [5.74, 6) is 0.495. The van der Waals surface area contributed by atoms with Gasteiger partial charge in [0.05, 0.1) is 12.6 Å². The summed E-state index contributed by atoms with van der Waals surface area (Å²) < 4.78 is 21.9. The molecule has 3 rings (SSSR count). The van der Waals surface area contributed by atoms with Crippen molar-refractivity contribution >= 4 is 5.83 Å². The van der Waals surface area contributed by atoms with Crippen LogP contribution in [0.4, 0.5) is 4.39 Å². The van der Waals surface area contributed by atoms with Crippen molar-refractivity contribution in [2.75, 3.05) is 19.8 Å². The maximum atomic E-state index is 14.9. The third kappa shape index (κ3) is 5.80. The Morgan fingerprint density at radius 1 is 1.12 bits per heavy atom. The smallest absolute Gasteiger partial charge is 0.137 e. The fourth-order valence-corrected chi connectivity index (χ4v) is 3.24. The highest BCUT2D eigenvalue weighted by Gasteiger charge is 2.16. The number of hydrogen-bond acceptors (Lipinski definition) is 6. The highest BCUT2D eigenvalue weighted by molar-refractivity contribution is 5.68. The van der Waals surface area contributed by atoms with Gasteiger partial charge in [0.2, 0.25) is 0 Å². The second-order valence-electron chi connectivity index (χ2n) is 7.44. The van der Waals surface area contributed by atoms with E-state index < -0.39 is 24.1 Å². The highest BCUT2D eigenvalue weighted by Crippen LogP contribution is 2.27. The van der Waals surface area contributed by atoms with Crippen LogP contribution in [0.25, 0.3) is 17.0 Å². The molecule has 0 bridgehead atoms. The molecule has 0 unspecified atom stereocenters. The molecule has 5 N–H and O–H groups in total. The molecule has 3 aromatic rings. The summed E-state index contributed by atoms with van der Waals surface area (Å²) in [4.78, 5) is 4.06. The topological polar surface area (TPSA) is 114 Å². The van der Waals surface area contributed by atoms with Crippen LogP contribution in [-0.4, -0.2) is 50.7 Å². The van der Waals surface area contributed by atoms with Crippen LogP contribution in [-0.2, 0) is 0 Å². The Balaban J connectivity index is 1.72. The van der Waals surface area contributed by atoms with Gasteiger partial charge in [-0.05, 0) is 36.3 Å². The van der Waals surface area contributed by atoms with Gasteiger partial charge in [-0.3, -0.25) is 0 Å². The van der Waals surface area contributed by atoms with Gasteiger partial charge >= 0.3 is 0 Å². The molecule has 0 aliphatic heterocycles. The van der Waals surface area contributed by atoms with E-state index in [-0.39, 0.29) is 19.8 Å². The van der Waals surface area contributed by atoms with Crippen molar-refractivity contribution < 1.29 is 24.4 Å². The van der Waals surface area contributed by atoms with Crippen LogP contribution in [0.1, 0.15) is 30.5 Å². The summed E-state index contributed by atoms with van der Waals surface area (Å²) in [6.45, 7) is 1.49. The summed E-state index contributed by atoms with van der Waals surface area (Å²) in [6, 6.07) is 13.6. The molecule has 0 aliphatic rings. The van der Waals surface area contributed by atoms with E-state index in [1.165, 1.54) is 12.3 Å². The number of benzene rings is 2. The minimum absolute atomic E-state index is 0.128. The minimum Gasteiger partial charge on any atom is -0.491 e. The Morgan fingerprint density at radius 2 is 1.75 bits per heavy atom. The zero-order chi connectivity index (χ0) is 23.1. The van der Waals surface area contributed by atoms with Crippen molar-refractivity contribution in [2.24, 2.45) is 5.73 Å². The molecule has 0 aliphatic carbocycles. The number of hydrogen-bond donors (Lipinski definition) is 4. The van der Waals surface area contributed by atoms with E-state index in [9.17, 15) is 19.7 Å². The average molecular weight is 442 g/mol. The van der Waals surface area contributed by atoms with Crippen LogP contribution >= 0.6 is 0 Å². The molecule has 7 nitrogen and oxygen atoms in total. The maximum Gasteiger partial charge on any atom is 0.137 e. The molecule has 0 amide bonds. The van der Waals surface area contributed by atoms with Gasteiger partial charge in [-0.15, -0.1) is 0 Å². The lowest BCUT2D eigenvalue weighted by atomic mass is 10.0. The summed E-state index contributed by atoms with van der Waals surface area (Å²) in [5, 5.41) is 29.0. The van der Waals surface area contributed by atoms with Crippen molar-refractivity contribution in [2.45, 2.75) is 25.2 Å². The van der Waals surface area contributed by atoms with E-state index in [0.717, 1.165) is 11.1 Å². The quantitative estimate of drug-likeness (QED) is 0.385. The number of imidazole rings is 1. The number of rotatable bonds is 10. The van der Waals surface area contributed by atoms with Crippen LogP contribution in [0, 0.1) is 0 Å². The van der Waals surface area contributed by atoms with Gasteiger partial charge in [-0.25, -0.2) is 9.37 Å². The minimum atomic E-state index is -0.836. The lowest BCUT2D eigenvalue weighted by Crippen LogP contribution is -2.26. The number of aliphatic hydroxyl groups is 3. The van der Waals surface area contributed by atoms with Gasteiger partial charge in [0.25, 0.3) is 0 Å². The van der Waals surface area contributed by atoms with Gasteiger partial charge < -0.3 is 30.4 Å². The van der Waals surface area contributed by atoms with E-state index in [4.69, 9.17) is 10.5 Å². The van der Waals surface area contributed by atoms with Crippen molar-refractivity contribution in [3.63, 3.8) is 0 Å². The van der Waals surface area contributed by atoms with Gasteiger partial charge in [0, 0.05) is 24.5 Å². The van der Waals surface area contributed by atoms with E-state index in [0.29, 0.717) is 17.1 Å². The number of nitrogens with zero attached hydrogens (tertiary/aromatic N) is 2. The van der Waals surface area contributed by atoms with Crippen LogP contribution in [0.2, 0.25) is 0 Å². The maximum absolute atomic E-state index is 14.9. The zero-order valence-corrected chi connectivity index (χ0v) is 17.8. The molecule has 8 heteroatoms. The lowest BCUT2D eigenvalue weighted by molar-refractivity contribution is 0.114. The molecular weight excluding hydrogens is 413 g/mol. The SMILES string of the molecule is C[C@H](O)c1nccn1[C@@H](/C=C(\F)c1ccc(-c2ccc(OC[C@H](O)CN)cc2)cc1)CO. The lowest BCUT2D eigenvalue weighted by Gasteiger charge is -2.17. The molecule has 170 valence electrons. The van der Waals surface area contributed by atoms with Crippen LogP contribution < -0.4 is 10.5 Å². The Kier molecular flexibility index (Phi) is 8.13. The molecule has 3 atom stereocenters. The molecule has 32 heavy (non-hydrogen) atoms. The van der Waals surface area contributed by atoms with Crippen molar-refractivity contribution in [3.8, 4) is 16.9 Å². The van der Waals surface area contributed by atoms with Gasteiger partial charge in [0.15, 0.2) is 0 Å². The standard InChI is InChI=1S/C24H28FN3O4/c1-16(30)24-27-10-11-28(24)20(14-29)12-23(25)19-4-2-17(3-5-19)18-6-8-22(9-7-18)32-15-21(31)13-26/h2-12,16,20-21,29-31H,13-15,26H2,1H3/b23-12-/t16-,20-,21+/m0/s1. The zero-order valence-electron chi connectivity index (χ0n) is 17.8. The fraction of sp³-hybridized carbons (Fsp3) is 0.292. The molecule has 1 aromatic heterocycles. The van der Waals surface area contributed by atoms with Crippen molar-refractivity contribution in [1.82, 2.24) is 9.55 Å². The predicted octanol–water partition coefficient (Wildman–Crippen LogP) is 2.85. The molecule has 0 saturated carbocycles. The van der Waals surface area contributed by atoms with E-state index in [1.807, 2.05) is 24.3 Å². The third-order valence-corrected chi connectivity index (χ3v) is 5.02.